The van der Waals surface area contributed by atoms with E-state index >= 15 is 0 Å². The second-order valence-electron chi connectivity index (χ2n) is 7.76. The highest BCUT2D eigenvalue weighted by Crippen LogP contribution is 2.38. The maximum absolute atomic E-state index is 5.61. The van der Waals surface area contributed by atoms with Crippen molar-refractivity contribution in [2.75, 3.05) is 36.9 Å². The van der Waals surface area contributed by atoms with Crippen molar-refractivity contribution in [3.8, 4) is 11.1 Å². The Balaban J connectivity index is 1.64. The Morgan fingerprint density at radius 2 is 1.69 bits per heavy atom. The van der Waals surface area contributed by atoms with Gasteiger partial charge >= 0.3 is 6.01 Å². The van der Waals surface area contributed by atoms with Crippen LogP contribution in [0.1, 0.15) is 32.2 Å². The van der Waals surface area contributed by atoms with Crippen LogP contribution in [0, 0.1) is 5.92 Å². The third-order valence-electron chi connectivity index (χ3n) is 5.81. The van der Waals surface area contributed by atoms with E-state index in [1.54, 1.807) is 12.4 Å². The molecule has 1 aromatic carbocycles. The SMILES string of the molecule is CC(C)C(C)(c1ccc(-c2cnc(N)nc2)cc1)c1noc(N2CCOCC2)n1. The van der Waals surface area contributed by atoms with Gasteiger partial charge in [0.25, 0.3) is 0 Å². The highest BCUT2D eigenvalue weighted by Gasteiger charge is 2.38. The summed E-state index contributed by atoms with van der Waals surface area (Å²) in [5.41, 5.74) is 8.28. The monoisotopic (exact) mass is 394 g/mol. The van der Waals surface area contributed by atoms with Crippen LogP contribution in [0.25, 0.3) is 11.1 Å². The zero-order chi connectivity index (χ0) is 20.4. The molecule has 1 atom stereocenters. The van der Waals surface area contributed by atoms with E-state index in [0.717, 1.165) is 29.8 Å². The minimum atomic E-state index is -0.385. The number of anilines is 2. The lowest BCUT2D eigenvalue weighted by Crippen LogP contribution is -2.36. The van der Waals surface area contributed by atoms with E-state index in [1.165, 1.54) is 0 Å². The first kappa shape index (κ1) is 19.3. The van der Waals surface area contributed by atoms with Gasteiger partial charge in [-0.05, 0) is 24.0 Å². The van der Waals surface area contributed by atoms with E-state index in [2.05, 4.69) is 65.1 Å². The molecule has 2 aromatic heterocycles. The molecule has 1 fully saturated rings. The number of hydrogen-bond acceptors (Lipinski definition) is 8. The predicted molar refractivity (Wildman–Crippen MR) is 111 cm³/mol. The van der Waals surface area contributed by atoms with Crippen molar-refractivity contribution in [3.05, 3.63) is 48.0 Å². The predicted octanol–water partition coefficient (Wildman–Crippen LogP) is 2.91. The molecule has 3 heterocycles. The fourth-order valence-corrected chi connectivity index (χ4v) is 3.53. The molecule has 1 saturated heterocycles. The number of morpholine rings is 1. The molecule has 29 heavy (non-hydrogen) atoms. The van der Waals surface area contributed by atoms with Crippen molar-refractivity contribution in [2.24, 2.45) is 5.92 Å². The maximum atomic E-state index is 5.61. The summed E-state index contributed by atoms with van der Waals surface area (Å²) in [6.07, 6.45) is 3.46. The zero-order valence-corrected chi connectivity index (χ0v) is 17.0. The quantitative estimate of drug-likeness (QED) is 0.704. The van der Waals surface area contributed by atoms with Crippen molar-refractivity contribution >= 4 is 12.0 Å². The van der Waals surface area contributed by atoms with Gasteiger partial charge in [0, 0.05) is 31.0 Å². The Kier molecular flexibility index (Phi) is 5.19. The van der Waals surface area contributed by atoms with Crippen LogP contribution in [0.3, 0.4) is 0 Å². The van der Waals surface area contributed by atoms with E-state index in [-0.39, 0.29) is 17.3 Å². The van der Waals surface area contributed by atoms with E-state index < -0.39 is 0 Å². The Labute approximate surface area is 170 Å². The van der Waals surface area contributed by atoms with Gasteiger partial charge in [0.05, 0.1) is 18.6 Å². The van der Waals surface area contributed by atoms with Gasteiger partial charge in [0.1, 0.15) is 0 Å². The van der Waals surface area contributed by atoms with E-state index in [9.17, 15) is 0 Å². The van der Waals surface area contributed by atoms with Crippen LogP contribution >= 0.6 is 0 Å². The topological polar surface area (TPSA) is 103 Å². The number of aromatic nitrogens is 4. The zero-order valence-electron chi connectivity index (χ0n) is 17.0. The van der Waals surface area contributed by atoms with Crippen molar-refractivity contribution in [1.29, 1.82) is 0 Å². The molecule has 1 aliphatic heterocycles. The van der Waals surface area contributed by atoms with Gasteiger partial charge < -0.3 is 19.9 Å². The summed E-state index contributed by atoms with van der Waals surface area (Å²) in [6, 6.07) is 8.90. The standard InChI is InChI=1S/C21H26N6O2/c1-14(2)21(3,18-25-20(29-26-18)27-8-10-28-11-9-27)17-6-4-15(5-7-17)16-12-23-19(22)24-13-16/h4-7,12-14H,8-11H2,1-3H3,(H2,22,23,24). The Hall–Kier alpha value is -3.00. The first-order valence-electron chi connectivity index (χ1n) is 9.84. The van der Waals surface area contributed by atoms with Gasteiger partial charge in [-0.25, -0.2) is 9.97 Å². The Morgan fingerprint density at radius 1 is 1.03 bits per heavy atom. The van der Waals surface area contributed by atoms with Crippen molar-refractivity contribution in [2.45, 2.75) is 26.2 Å². The second-order valence-corrected chi connectivity index (χ2v) is 7.76. The van der Waals surface area contributed by atoms with E-state index in [4.69, 9.17) is 20.0 Å². The lowest BCUT2D eigenvalue weighted by atomic mass is 9.72. The minimum Gasteiger partial charge on any atom is -0.378 e. The van der Waals surface area contributed by atoms with Crippen LogP contribution in [-0.4, -0.2) is 46.4 Å². The van der Waals surface area contributed by atoms with E-state index in [1.807, 2.05) is 0 Å². The molecule has 1 aliphatic rings. The van der Waals surface area contributed by atoms with Crippen molar-refractivity contribution in [1.82, 2.24) is 20.1 Å². The lowest BCUT2D eigenvalue weighted by Gasteiger charge is -2.31. The number of ether oxygens (including phenoxy) is 1. The molecule has 4 rings (SSSR count). The maximum Gasteiger partial charge on any atom is 0.324 e. The number of rotatable bonds is 5. The lowest BCUT2D eigenvalue weighted by molar-refractivity contribution is 0.119. The summed E-state index contributed by atoms with van der Waals surface area (Å²) in [5, 5.41) is 4.35. The van der Waals surface area contributed by atoms with Crippen molar-refractivity contribution in [3.63, 3.8) is 0 Å². The summed E-state index contributed by atoms with van der Waals surface area (Å²) in [4.78, 5) is 15.0. The fourth-order valence-electron chi connectivity index (χ4n) is 3.53. The number of hydrogen-bond donors (Lipinski definition) is 1. The molecular weight excluding hydrogens is 368 g/mol. The summed E-state index contributed by atoms with van der Waals surface area (Å²) >= 11 is 0. The molecule has 0 spiro atoms. The molecule has 152 valence electrons. The Bertz CT molecular complexity index is 948. The second kappa shape index (κ2) is 7.79. The molecule has 1 unspecified atom stereocenters. The summed E-state index contributed by atoms with van der Waals surface area (Å²) in [7, 11) is 0. The van der Waals surface area contributed by atoms with Crippen LogP contribution < -0.4 is 10.6 Å². The average molecular weight is 394 g/mol. The summed E-state index contributed by atoms with van der Waals surface area (Å²) < 4.78 is 11.0. The number of nitrogens with two attached hydrogens (primary N) is 1. The molecule has 2 N–H and O–H groups in total. The molecule has 0 radical (unpaired) electrons. The van der Waals surface area contributed by atoms with Crippen LogP contribution in [0.2, 0.25) is 0 Å². The highest BCUT2D eigenvalue weighted by molar-refractivity contribution is 5.62. The third-order valence-corrected chi connectivity index (χ3v) is 5.81. The van der Waals surface area contributed by atoms with Crippen LogP contribution in [0.5, 0.6) is 0 Å². The third kappa shape index (κ3) is 3.67. The van der Waals surface area contributed by atoms with Crippen molar-refractivity contribution < 1.29 is 9.26 Å². The largest absolute Gasteiger partial charge is 0.378 e. The molecule has 8 heteroatoms. The van der Waals surface area contributed by atoms with E-state index in [0.29, 0.717) is 25.1 Å². The van der Waals surface area contributed by atoms with Gasteiger partial charge in [-0.3, -0.25) is 0 Å². The number of nitrogen functional groups attached to an aromatic ring is 1. The highest BCUT2D eigenvalue weighted by atomic mass is 16.5. The molecule has 0 amide bonds. The molecule has 8 nitrogen and oxygen atoms in total. The molecular formula is C21H26N6O2. The molecule has 0 bridgehead atoms. The first-order chi connectivity index (χ1) is 14.0. The minimum absolute atomic E-state index is 0.267. The van der Waals surface area contributed by atoms with Gasteiger partial charge in [-0.1, -0.05) is 43.3 Å². The fraction of sp³-hybridized carbons (Fsp3) is 0.429. The molecule has 0 aliphatic carbocycles. The van der Waals surface area contributed by atoms with Gasteiger partial charge in [-0.15, -0.1) is 0 Å². The molecule has 0 saturated carbocycles. The van der Waals surface area contributed by atoms with Gasteiger partial charge in [-0.2, -0.15) is 4.98 Å². The number of benzene rings is 1. The first-order valence-corrected chi connectivity index (χ1v) is 9.84. The normalized spacial score (nSPS) is 16.8. The van der Waals surface area contributed by atoms with Crippen LogP contribution in [0.15, 0.2) is 41.2 Å². The number of nitrogens with zero attached hydrogens (tertiary/aromatic N) is 5. The average Bonchev–Trinajstić information content (AvgIpc) is 3.25. The van der Waals surface area contributed by atoms with Crippen LogP contribution in [0.4, 0.5) is 12.0 Å². The summed E-state index contributed by atoms with van der Waals surface area (Å²) in [6.45, 7) is 9.38. The smallest absolute Gasteiger partial charge is 0.324 e. The van der Waals surface area contributed by atoms with Gasteiger partial charge in [0.2, 0.25) is 5.95 Å². The van der Waals surface area contributed by atoms with Gasteiger partial charge in [0.15, 0.2) is 5.82 Å². The summed E-state index contributed by atoms with van der Waals surface area (Å²) in [5.74, 6) is 1.23. The Morgan fingerprint density at radius 3 is 2.31 bits per heavy atom. The van der Waals surface area contributed by atoms with Crippen LogP contribution in [-0.2, 0) is 10.2 Å². The molecule has 3 aromatic rings.